The van der Waals surface area contributed by atoms with Crippen molar-refractivity contribution in [1.82, 2.24) is 20.4 Å². The molecule has 1 saturated heterocycles. The summed E-state index contributed by atoms with van der Waals surface area (Å²) in [6.45, 7) is 9.48. The van der Waals surface area contributed by atoms with Crippen LogP contribution < -0.4 is 10.6 Å². The van der Waals surface area contributed by atoms with Crippen molar-refractivity contribution in [3.8, 4) is 0 Å². The Labute approximate surface area is 206 Å². The number of likely N-dealkylation sites (N-methyl/N-ethyl adjacent to an activating group) is 1. The molecule has 0 spiro atoms. The highest BCUT2D eigenvalue weighted by Crippen LogP contribution is 2.21. The largest absolute Gasteiger partial charge is 0.350 e. The number of carbonyl (C=O) groups is 2. The van der Waals surface area contributed by atoms with Crippen molar-refractivity contribution < 1.29 is 9.59 Å². The van der Waals surface area contributed by atoms with E-state index in [0.717, 1.165) is 38.3 Å². The van der Waals surface area contributed by atoms with Crippen LogP contribution in [0.5, 0.6) is 0 Å². The first kappa shape index (κ1) is 25.5. The lowest BCUT2D eigenvalue weighted by Gasteiger charge is -2.32. The van der Waals surface area contributed by atoms with Crippen molar-refractivity contribution in [3.05, 3.63) is 69.2 Å². The summed E-state index contributed by atoms with van der Waals surface area (Å²) in [5.74, 6) is -0.727. The third-order valence-electron chi connectivity index (χ3n) is 5.90. The van der Waals surface area contributed by atoms with Crippen molar-refractivity contribution in [2.75, 3.05) is 33.2 Å². The van der Waals surface area contributed by atoms with E-state index < -0.39 is 11.9 Å². The Morgan fingerprint density at radius 1 is 0.970 bits per heavy atom. The molecule has 1 fully saturated rings. The van der Waals surface area contributed by atoms with Crippen molar-refractivity contribution in [2.45, 2.75) is 33.0 Å². The van der Waals surface area contributed by atoms with Crippen LogP contribution in [0.2, 0.25) is 10.0 Å². The second-order valence-corrected chi connectivity index (χ2v) is 9.78. The molecule has 2 aromatic rings. The Bertz CT molecular complexity index is 957. The molecule has 8 heteroatoms. The van der Waals surface area contributed by atoms with Crippen LogP contribution in [0.3, 0.4) is 0 Å². The molecule has 1 unspecified atom stereocenters. The Balaban J connectivity index is 1.53. The third-order valence-corrected chi connectivity index (χ3v) is 6.45. The van der Waals surface area contributed by atoms with Crippen LogP contribution in [-0.4, -0.2) is 60.9 Å². The Kier molecular flexibility index (Phi) is 9.15. The lowest BCUT2D eigenvalue weighted by molar-refractivity contribution is -0.124. The minimum Gasteiger partial charge on any atom is -0.350 e. The van der Waals surface area contributed by atoms with Crippen molar-refractivity contribution in [1.29, 1.82) is 0 Å². The van der Waals surface area contributed by atoms with E-state index in [1.165, 1.54) is 11.6 Å². The number of carbonyl (C=O) groups excluding carboxylic acids is 2. The molecule has 0 aromatic heterocycles. The number of rotatable bonds is 8. The third kappa shape index (κ3) is 7.44. The van der Waals surface area contributed by atoms with Crippen molar-refractivity contribution >= 4 is 35.0 Å². The molecule has 1 heterocycles. The van der Waals surface area contributed by atoms with Gasteiger partial charge in [-0.15, -0.1) is 0 Å². The van der Waals surface area contributed by atoms with E-state index in [-0.39, 0.29) is 22.4 Å². The molecule has 6 nitrogen and oxygen atoms in total. The van der Waals surface area contributed by atoms with E-state index in [1.54, 1.807) is 12.1 Å². The van der Waals surface area contributed by atoms with Gasteiger partial charge in [-0.05, 0) is 42.3 Å². The van der Waals surface area contributed by atoms with E-state index in [2.05, 4.69) is 39.6 Å². The molecule has 0 radical (unpaired) electrons. The first-order valence-corrected chi connectivity index (χ1v) is 12.0. The minimum atomic E-state index is -0.680. The summed E-state index contributed by atoms with van der Waals surface area (Å²) in [5, 5.41) is 6.44. The van der Waals surface area contributed by atoms with Crippen LogP contribution in [0.1, 0.15) is 35.3 Å². The van der Waals surface area contributed by atoms with E-state index in [9.17, 15) is 9.59 Å². The second kappa shape index (κ2) is 11.8. The zero-order chi connectivity index (χ0) is 24.0. The maximum absolute atomic E-state index is 12.8. The molecule has 1 atom stereocenters. The molecule has 2 aromatic carbocycles. The lowest BCUT2D eigenvalue weighted by atomic mass is 10.0. The summed E-state index contributed by atoms with van der Waals surface area (Å²) in [4.78, 5) is 30.3. The van der Waals surface area contributed by atoms with Gasteiger partial charge in [-0.2, -0.15) is 0 Å². The van der Waals surface area contributed by atoms with Crippen LogP contribution in [-0.2, 0) is 17.9 Å². The van der Waals surface area contributed by atoms with Crippen molar-refractivity contribution in [2.24, 2.45) is 5.92 Å². The molecule has 178 valence electrons. The maximum Gasteiger partial charge on any atom is 0.253 e. The molecule has 1 aliphatic rings. The molecule has 1 aliphatic heterocycles. The number of nitrogens with zero attached hydrogens (tertiary/aromatic N) is 2. The van der Waals surface area contributed by atoms with Gasteiger partial charge in [-0.25, -0.2) is 0 Å². The normalized spacial score (nSPS) is 15.9. The van der Waals surface area contributed by atoms with E-state index >= 15 is 0 Å². The van der Waals surface area contributed by atoms with Crippen molar-refractivity contribution in [3.63, 3.8) is 0 Å². The number of hydrogen-bond acceptors (Lipinski definition) is 4. The summed E-state index contributed by atoms with van der Waals surface area (Å²) in [6.07, 6.45) is 0. The number of amides is 2. The number of hydrogen-bond donors (Lipinski definition) is 2. The fourth-order valence-corrected chi connectivity index (χ4v) is 4.25. The molecule has 0 aliphatic carbocycles. The quantitative estimate of drug-likeness (QED) is 0.590. The standard InChI is InChI=1S/C25H32Cl2N4O2/c1-17(2)23(29-24(32)21-9-8-20(26)14-22(21)27)25(33)28-15-18-4-6-19(7-5-18)16-31-12-10-30(3)11-13-31/h4-9,14,17,23H,10-13,15-16H2,1-3H3,(H,28,33)(H,29,32). The summed E-state index contributed by atoms with van der Waals surface area (Å²) >= 11 is 12.0. The molecular weight excluding hydrogens is 459 g/mol. The minimum absolute atomic E-state index is 0.0917. The van der Waals surface area contributed by atoms with Crippen LogP contribution in [0.15, 0.2) is 42.5 Å². The van der Waals surface area contributed by atoms with E-state index in [0.29, 0.717) is 11.6 Å². The average molecular weight is 491 g/mol. The lowest BCUT2D eigenvalue weighted by Crippen LogP contribution is -2.49. The van der Waals surface area contributed by atoms with Gasteiger partial charge in [-0.1, -0.05) is 61.3 Å². The summed E-state index contributed by atoms with van der Waals surface area (Å²) in [5.41, 5.74) is 2.57. The van der Waals surface area contributed by atoms with Gasteiger partial charge in [0.15, 0.2) is 0 Å². The molecule has 0 saturated carbocycles. The zero-order valence-electron chi connectivity index (χ0n) is 19.4. The Morgan fingerprint density at radius 3 is 2.21 bits per heavy atom. The van der Waals surface area contributed by atoms with E-state index in [4.69, 9.17) is 23.2 Å². The van der Waals surface area contributed by atoms with Gasteiger partial charge in [0.2, 0.25) is 5.91 Å². The van der Waals surface area contributed by atoms with Gasteiger partial charge in [0, 0.05) is 44.3 Å². The average Bonchev–Trinajstić information content (AvgIpc) is 2.78. The van der Waals surface area contributed by atoms with E-state index in [1.807, 2.05) is 26.0 Å². The first-order valence-electron chi connectivity index (χ1n) is 11.3. The fraction of sp³-hybridized carbons (Fsp3) is 0.440. The highest BCUT2D eigenvalue weighted by Gasteiger charge is 2.25. The van der Waals surface area contributed by atoms with Gasteiger partial charge in [0.05, 0.1) is 10.6 Å². The predicted molar refractivity (Wildman–Crippen MR) is 134 cm³/mol. The first-order chi connectivity index (χ1) is 15.7. The molecule has 2 amide bonds. The predicted octanol–water partition coefficient (Wildman–Crippen LogP) is 3.81. The smallest absolute Gasteiger partial charge is 0.253 e. The zero-order valence-corrected chi connectivity index (χ0v) is 20.9. The summed E-state index contributed by atoms with van der Waals surface area (Å²) < 4.78 is 0. The van der Waals surface area contributed by atoms with Gasteiger partial charge in [-0.3, -0.25) is 14.5 Å². The molecule has 33 heavy (non-hydrogen) atoms. The highest BCUT2D eigenvalue weighted by atomic mass is 35.5. The molecular formula is C25H32Cl2N4O2. The second-order valence-electron chi connectivity index (χ2n) is 8.93. The van der Waals surface area contributed by atoms with Gasteiger partial charge < -0.3 is 15.5 Å². The number of piperazine rings is 1. The van der Waals surface area contributed by atoms with Crippen LogP contribution in [0, 0.1) is 5.92 Å². The van der Waals surface area contributed by atoms with Gasteiger partial charge in [0.25, 0.3) is 5.91 Å². The van der Waals surface area contributed by atoms with Gasteiger partial charge in [0.1, 0.15) is 6.04 Å². The molecule has 0 bridgehead atoms. The number of halogens is 2. The topological polar surface area (TPSA) is 64.7 Å². The highest BCUT2D eigenvalue weighted by molar-refractivity contribution is 6.36. The maximum atomic E-state index is 12.8. The Morgan fingerprint density at radius 2 is 1.61 bits per heavy atom. The molecule has 2 N–H and O–H groups in total. The number of nitrogens with one attached hydrogen (secondary N) is 2. The van der Waals surface area contributed by atoms with Crippen LogP contribution in [0.25, 0.3) is 0 Å². The Hall–Kier alpha value is -2.12. The van der Waals surface area contributed by atoms with Gasteiger partial charge >= 0.3 is 0 Å². The monoisotopic (exact) mass is 490 g/mol. The summed E-state index contributed by atoms with van der Waals surface area (Å²) in [7, 11) is 2.16. The van der Waals surface area contributed by atoms with Crippen LogP contribution in [0.4, 0.5) is 0 Å². The fourth-order valence-electron chi connectivity index (χ4n) is 3.75. The van der Waals surface area contributed by atoms with Crippen LogP contribution >= 0.6 is 23.2 Å². The summed E-state index contributed by atoms with van der Waals surface area (Å²) in [6, 6.07) is 12.3. The number of benzene rings is 2. The SMILES string of the molecule is CC(C)C(NC(=O)c1ccc(Cl)cc1Cl)C(=O)NCc1ccc(CN2CCN(C)CC2)cc1. The molecule has 3 rings (SSSR count).